The molecule has 1 amide bonds. The molecule has 0 unspecified atom stereocenters. The summed E-state index contributed by atoms with van der Waals surface area (Å²) in [5.74, 6) is -0.221. The van der Waals surface area contributed by atoms with Crippen LogP contribution < -0.4 is 5.32 Å². The Hall–Kier alpha value is -1.65. The number of amides is 1. The van der Waals surface area contributed by atoms with Gasteiger partial charge in [-0.25, -0.2) is 4.98 Å². The number of thiophene rings is 1. The maximum Gasteiger partial charge on any atom is 0.248 e. The van der Waals surface area contributed by atoms with Crippen molar-refractivity contribution in [3.8, 4) is 0 Å². The maximum atomic E-state index is 11.7. The van der Waals surface area contributed by atoms with Crippen LogP contribution in [0.15, 0.2) is 35.9 Å². The number of nitrogens with one attached hydrogen (secondary N) is 1. The molecule has 0 bridgehead atoms. The van der Waals surface area contributed by atoms with Crippen molar-refractivity contribution in [1.29, 1.82) is 0 Å². The highest BCUT2D eigenvalue weighted by Gasteiger charge is 2.06. The second-order valence-electron chi connectivity index (χ2n) is 3.63. The summed E-state index contributed by atoms with van der Waals surface area (Å²) in [5, 5.41) is 4.98. The second kappa shape index (κ2) is 5.80. The van der Waals surface area contributed by atoms with Crippen LogP contribution in [-0.4, -0.2) is 10.9 Å². The number of aryl methyl sites for hydroxylation is 1. The van der Waals surface area contributed by atoms with Crippen LogP contribution >= 0.6 is 22.9 Å². The minimum absolute atomic E-state index is 0.221. The number of rotatable bonds is 3. The number of hydrogen-bond acceptors (Lipinski definition) is 3. The van der Waals surface area contributed by atoms with E-state index in [-0.39, 0.29) is 5.91 Å². The Morgan fingerprint density at radius 2 is 2.33 bits per heavy atom. The Kier molecular flexibility index (Phi) is 4.12. The first-order valence-corrected chi connectivity index (χ1v) is 6.56. The molecule has 0 radical (unpaired) electrons. The molecule has 2 aromatic rings. The molecular formula is C13H11ClN2OS. The average Bonchev–Trinajstić information content (AvgIpc) is 2.84. The van der Waals surface area contributed by atoms with Gasteiger partial charge in [-0.1, -0.05) is 17.7 Å². The van der Waals surface area contributed by atoms with Crippen molar-refractivity contribution in [2.45, 2.75) is 6.92 Å². The summed E-state index contributed by atoms with van der Waals surface area (Å²) in [7, 11) is 0. The van der Waals surface area contributed by atoms with Crippen molar-refractivity contribution in [3.63, 3.8) is 0 Å². The van der Waals surface area contributed by atoms with E-state index in [4.69, 9.17) is 11.6 Å². The first-order valence-electron chi connectivity index (χ1n) is 5.30. The van der Waals surface area contributed by atoms with Gasteiger partial charge in [0.2, 0.25) is 5.91 Å². The lowest BCUT2D eigenvalue weighted by Crippen LogP contribution is -2.09. The SMILES string of the molecule is Cc1ccnc(Cl)c1NC(=O)/C=C/c1cccs1. The standard InChI is InChI=1S/C13H11ClN2OS/c1-9-6-7-15-13(14)12(9)16-11(17)5-4-10-3-2-8-18-10/h2-8H,1H3,(H,16,17)/b5-4+. The van der Waals surface area contributed by atoms with E-state index in [1.165, 1.54) is 6.08 Å². The summed E-state index contributed by atoms with van der Waals surface area (Å²) in [6, 6.07) is 5.67. The van der Waals surface area contributed by atoms with Crippen molar-refractivity contribution in [3.05, 3.63) is 51.4 Å². The highest BCUT2D eigenvalue weighted by atomic mass is 35.5. The minimum Gasteiger partial charge on any atom is -0.320 e. The number of halogens is 1. The predicted octanol–water partition coefficient (Wildman–Crippen LogP) is 3.76. The third-order valence-electron chi connectivity index (χ3n) is 2.30. The van der Waals surface area contributed by atoms with Gasteiger partial charge < -0.3 is 5.32 Å². The molecule has 0 fully saturated rings. The van der Waals surface area contributed by atoms with E-state index in [9.17, 15) is 4.79 Å². The molecule has 0 aromatic carbocycles. The number of pyridine rings is 1. The molecule has 0 saturated carbocycles. The number of carbonyl (C=O) groups is 1. The number of aromatic nitrogens is 1. The molecule has 5 heteroatoms. The summed E-state index contributed by atoms with van der Waals surface area (Å²) in [5.41, 5.74) is 1.44. The van der Waals surface area contributed by atoms with Gasteiger partial charge in [-0.05, 0) is 36.1 Å². The van der Waals surface area contributed by atoms with Crippen LogP contribution in [-0.2, 0) is 4.79 Å². The smallest absolute Gasteiger partial charge is 0.248 e. The van der Waals surface area contributed by atoms with Crippen LogP contribution in [0.4, 0.5) is 5.69 Å². The zero-order valence-electron chi connectivity index (χ0n) is 9.68. The van der Waals surface area contributed by atoms with E-state index in [0.717, 1.165) is 10.4 Å². The van der Waals surface area contributed by atoms with Crippen molar-refractivity contribution < 1.29 is 4.79 Å². The van der Waals surface area contributed by atoms with Gasteiger partial charge in [0.15, 0.2) is 5.15 Å². The van der Waals surface area contributed by atoms with Crippen LogP contribution in [0, 0.1) is 6.92 Å². The van der Waals surface area contributed by atoms with Crippen LogP contribution in [0.5, 0.6) is 0 Å². The second-order valence-corrected chi connectivity index (χ2v) is 4.97. The highest BCUT2D eigenvalue weighted by molar-refractivity contribution is 7.10. The fourth-order valence-corrected chi connectivity index (χ4v) is 2.25. The molecule has 0 aliphatic rings. The summed E-state index contributed by atoms with van der Waals surface area (Å²) < 4.78 is 0. The van der Waals surface area contributed by atoms with E-state index in [0.29, 0.717) is 10.8 Å². The summed E-state index contributed by atoms with van der Waals surface area (Å²) in [6.07, 6.45) is 4.85. The molecule has 92 valence electrons. The van der Waals surface area contributed by atoms with Gasteiger partial charge in [0.05, 0.1) is 5.69 Å². The lowest BCUT2D eigenvalue weighted by atomic mass is 10.2. The number of carbonyl (C=O) groups excluding carboxylic acids is 1. The van der Waals surface area contributed by atoms with Crippen molar-refractivity contribution in [2.75, 3.05) is 5.32 Å². The molecule has 0 aliphatic heterocycles. The average molecular weight is 279 g/mol. The normalized spacial score (nSPS) is 10.8. The van der Waals surface area contributed by atoms with Crippen molar-refractivity contribution in [2.24, 2.45) is 0 Å². The Balaban J connectivity index is 2.08. The van der Waals surface area contributed by atoms with Gasteiger partial charge in [0.25, 0.3) is 0 Å². The molecule has 2 aromatic heterocycles. The summed E-state index contributed by atoms with van der Waals surface area (Å²) in [4.78, 5) is 16.7. The third kappa shape index (κ3) is 3.18. The van der Waals surface area contributed by atoms with Gasteiger partial charge in [-0.3, -0.25) is 4.79 Å². The van der Waals surface area contributed by atoms with E-state index in [2.05, 4.69) is 10.3 Å². The number of hydrogen-bond donors (Lipinski definition) is 1. The van der Waals surface area contributed by atoms with E-state index < -0.39 is 0 Å². The van der Waals surface area contributed by atoms with E-state index >= 15 is 0 Å². The van der Waals surface area contributed by atoms with Crippen LogP contribution in [0.1, 0.15) is 10.4 Å². The molecule has 0 spiro atoms. The molecule has 0 saturated heterocycles. The summed E-state index contributed by atoms with van der Waals surface area (Å²) >= 11 is 7.50. The molecule has 1 N–H and O–H groups in total. The lowest BCUT2D eigenvalue weighted by molar-refractivity contribution is -0.111. The minimum atomic E-state index is -0.221. The highest BCUT2D eigenvalue weighted by Crippen LogP contribution is 2.22. The maximum absolute atomic E-state index is 11.7. The summed E-state index contributed by atoms with van der Waals surface area (Å²) in [6.45, 7) is 1.87. The lowest BCUT2D eigenvalue weighted by Gasteiger charge is -2.06. The monoisotopic (exact) mass is 278 g/mol. The molecule has 0 atom stereocenters. The largest absolute Gasteiger partial charge is 0.320 e. The third-order valence-corrected chi connectivity index (χ3v) is 3.43. The van der Waals surface area contributed by atoms with Gasteiger partial charge in [0, 0.05) is 17.2 Å². The Morgan fingerprint density at radius 1 is 1.50 bits per heavy atom. The van der Waals surface area contributed by atoms with Crippen molar-refractivity contribution in [1.82, 2.24) is 4.98 Å². The molecule has 3 nitrogen and oxygen atoms in total. The topological polar surface area (TPSA) is 42.0 Å². The fraction of sp³-hybridized carbons (Fsp3) is 0.0769. The Bertz CT molecular complexity index is 558. The van der Waals surface area contributed by atoms with Gasteiger partial charge >= 0.3 is 0 Å². The zero-order valence-corrected chi connectivity index (χ0v) is 11.3. The first-order chi connectivity index (χ1) is 8.66. The Morgan fingerprint density at radius 3 is 3.00 bits per heavy atom. The van der Waals surface area contributed by atoms with Crippen LogP contribution in [0.2, 0.25) is 5.15 Å². The molecule has 2 rings (SSSR count). The van der Waals surface area contributed by atoms with E-state index in [1.807, 2.05) is 24.4 Å². The molecule has 0 aliphatic carbocycles. The van der Waals surface area contributed by atoms with Crippen molar-refractivity contribution >= 4 is 40.6 Å². The van der Waals surface area contributed by atoms with Gasteiger partial charge in [-0.15, -0.1) is 11.3 Å². The van der Waals surface area contributed by atoms with Crippen LogP contribution in [0.25, 0.3) is 6.08 Å². The van der Waals surface area contributed by atoms with Gasteiger partial charge in [0.1, 0.15) is 0 Å². The first kappa shape index (κ1) is 12.8. The number of nitrogens with zero attached hydrogens (tertiary/aromatic N) is 1. The predicted molar refractivity (Wildman–Crippen MR) is 76.0 cm³/mol. The zero-order chi connectivity index (χ0) is 13.0. The molecular weight excluding hydrogens is 268 g/mol. The molecule has 2 heterocycles. The fourth-order valence-electron chi connectivity index (χ4n) is 1.38. The van der Waals surface area contributed by atoms with Crippen LogP contribution in [0.3, 0.4) is 0 Å². The molecule has 18 heavy (non-hydrogen) atoms. The Labute approximate surface area is 114 Å². The quantitative estimate of drug-likeness (QED) is 0.686. The number of anilines is 1. The van der Waals surface area contributed by atoms with E-state index in [1.54, 1.807) is 29.7 Å². The van der Waals surface area contributed by atoms with Gasteiger partial charge in [-0.2, -0.15) is 0 Å².